The number of piperidine rings is 3. The number of nitrogens with one attached hydrogen (secondary N) is 1. The maximum atomic E-state index is 6.38. The van der Waals surface area contributed by atoms with E-state index in [1.54, 1.807) is 11.3 Å². The standard InChI is InChI=1S/C19H20N4OS/c1-2-16-12(3-4-20-16)7-13(1)18-21-22-19(25-18)24-17-14-5-11-6-15(17)10-23(8-11)9-14/h1-4,7,11,14-15,17,20H,5-6,8-10H2/t11?,14-,15-,17?/m0/s1. The topological polar surface area (TPSA) is 54.0 Å². The molecule has 1 saturated carbocycles. The Balaban J connectivity index is 1.25. The lowest BCUT2D eigenvalue weighted by molar-refractivity contribution is -0.0986. The van der Waals surface area contributed by atoms with Gasteiger partial charge in [0.15, 0.2) is 5.01 Å². The quantitative estimate of drug-likeness (QED) is 0.785. The molecule has 4 bridgehead atoms. The van der Waals surface area contributed by atoms with Gasteiger partial charge in [0.1, 0.15) is 6.10 Å². The lowest BCUT2D eigenvalue weighted by Crippen LogP contribution is -2.61. The van der Waals surface area contributed by atoms with Crippen molar-refractivity contribution in [2.24, 2.45) is 17.8 Å². The summed E-state index contributed by atoms with van der Waals surface area (Å²) in [6, 6.07) is 8.44. The number of hydrogen-bond donors (Lipinski definition) is 1. The molecule has 0 amide bonds. The highest BCUT2D eigenvalue weighted by Crippen LogP contribution is 2.45. The Labute approximate surface area is 150 Å². The first kappa shape index (κ1) is 14.3. The highest BCUT2D eigenvalue weighted by atomic mass is 32.1. The highest BCUT2D eigenvalue weighted by Gasteiger charge is 2.49. The summed E-state index contributed by atoms with van der Waals surface area (Å²) in [6.07, 6.45) is 4.95. The molecule has 4 fully saturated rings. The number of rotatable bonds is 3. The first-order valence-corrected chi connectivity index (χ1v) is 9.93. The number of benzene rings is 1. The van der Waals surface area contributed by atoms with Gasteiger partial charge in [-0.3, -0.25) is 0 Å². The highest BCUT2D eigenvalue weighted by molar-refractivity contribution is 7.16. The van der Waals surface area contributed by atoms with Crippen LogP contribution in [0.4, 0.5) is 0 Å². The van der Waals surface area contributed by atoms with E-state index in [2.05, 4.69) is 44.3 Å². The minimum Gasteiger partial charge on any atom is -0.465 e. The van der Waals surface area contributed by atoms with Gasteiger partial charge in [-0.2, -0.15) is 0 Å². The van der Waals surface area contributed by atoms with Crippen molar-refractivity contribution in [1.82, 2.24) is 20.1 Å². The molecule has 0 unspecified atom stereocenters. The molecule has 5 nitrogen and oxygen atoms in total. The van der Waals surface area contributed by atoms with Crippen LogP contribution < -0.4 is 4.74 Å². The van der Waals surface area contributed by atoms with E-state index < -0.39 is 0 Å². The normalized spacial score (nSPS) is 33.2. The van der Waals surface area contributed by atoms with Crippen LogP contribution in [0.1, 0.15) is 12.8 Å². The molecule has 3 saturated heterocycles. The molecule has 3 aliphatic heterocycles. The molecule has 0 spiro atoms. The van der Waals surface area contributed by atoms with Crippen molar-refractivity contribution in [3.8, 4) is 15.8 Å². The van der Waals surface area contributed by atoms with Gasteiger partial charge in [-0.1, -0.05) is 16.4 Å². The number of hydrogen-bond acceptors (Lipinski definition) is 5. The summed E-state index contributed by atoms with van der Waals surface area (Å²) in [5, 5.41) is 11.6. The van der Waals surface area contributed by atoms with Gasteiger partial charge in [0, 0.05) is 54.1 Å². The zero-order valence-corrected chi connectivity index (χ0v) is 14.7. The van der Waals surface area contributed by atoms with Crippen LogP contribution in [-0.4, -0.2) is 45.8 Å². The Bertz CT molecular complexity index is 904. The maximum absolute atomic E-state index is 6.38. The molecule has 25 heavy (non-hydrogen) atoms. The summed E-state index contributed by atoms with van der Waals surface area (Å²) in [5.41, 5.74) is 2.25. The van der Waals surface area contributed by atoms with E-state index in [0.29, 0.717) is 17.9 Å². The summed E-state index contributed by atoms with van der Waals surface area (Å²) >= 11 is 1.57. The molecule has 7 rings (SSSR count). The summed E-state index contributed by atoms with van der Waals surface area (Å²) in [4.78, 5) is 5.86. The van der Waals surface area contributed by atoms with Crippen molar-refractivity contribution in [1.29, 1.82) is 0 Å². The molecular weight excluding hydrogens is 332 g/mol. The maximum Gasteiger partial charge on any atom is 0.294 e. The molecule has 2 aromatic heterocycles. The molecule has 3 aromatic rings. The van der Waals surface area contributed by atoms with Crippen LogP contribution in [0.5, 0.6) is 5.19 Å². The third kappa shape index (κ3) is 2.31. The van der Waals surface area contributed by atoms with Crippen molar-refractivity contribution in [3.63, 3.8) is 0 Å². The van der Waals surface area contributed by atoms with Gasteiger partial charge in [-0.05, 0) is 43.0 Å². The molecule has 1 aliphatic carbocycles. The predicted molar refractivity (Wildman–Crippen MR) is 97.8 cm³/mol. The Morgan fingerprint density at radius 3 is 2.80 bits per heavy atom. The van der Waals surface area contributed by atoms with Gasteiger partial charge < -0.3 is 14.6 Å². The molecule has 6 heteroatoms. The third-order valence-electron chi connectivity index (χ3n) is 6.15. The van der Waals surface area contributed by atoms with Gasteiger partial charge >= 0.3 is 0 Å². The van der Waals surface area contributed by atoms with E-state index >= 15 is 0 Å². The first-order valence-electron chi connectivity index (χ1n) is 9.12. The van der Waals surface area contributed by atoms with E-state index in [1.165, 1.54) is 37.9 Å². The average Bonchev–Trinajstić information content (AvgIpc) is 3.26. The SMILES string of the molecule is c1cc2cc(-c3nnc(OC4[C@H]5CC6C[C@H]4CN(C6)C5)s3)ccc2[nH]1. The zero-order valence-electron chi connectivity index (χ0n) is 13.9. The Morgan fingerprint density at radius 1 is 1.08 bits per heavy atom. The minimum atomic E-state index is 0.334. The Morgan fingerprint density at radius 2 is 1.96 bits per heavy atom. The van der Waals surface area contributed by atoms with E-state index in [9.17, 15) is 0 Å². The van der Waals surface area contributed by atoms with E-state index in [-0.39, 0.29) is 0 Å². The smallest absolute Gasteiger partial charge is 0.294 e. The number of aromatic amines is 1. The van der Waals surface area contributed by atoms with Crippen molar-refractivity contribution in [2.75, 3.05) is 19.6 Å². The van der Waals surface area contributed by atoms with Crippen molar-refractivity contribution >= 4 is 22.2 Å². The monoisotopic (exact) mass is 352 g/mol. The molecule has 1 N–H and O–H groups in total. The van der Waals surface area contributed by atoms with Crippen LogP contribution in [0.2, 0.25) is 0 Å². The Kier molecular flexibility index (Phi) is 3.02. The lowest BCUT2D eigenvalue weighted by Gasteiger charge is -2.54. The van der Waals surface area contributed by atoms with Crippen LogP contribution in [0.15, 0.2) is 30.5 Å². The van der Waals surface area contributed by atoms with Crippen LogP contribution >= 0.6 is 11.3 Å². The summed E-state index contributed by atoms with van der Waals surface area (Å²) in [5.74, 6) is 2.25. The van der Waals surface area contributed by atoms with Crippen LogP contribution in [0.3, 0.4) is 0 Å². The largest absolute Gasteiger partial charge is 0.465 e. The fourth-order valence-corrected chi connectivity index (χ4v) is 5.97. The molecule has 0 radical (unpaired) electrons. The average molecular weight is 352 g/mol. The van der Waals surface area contributed by atoms with Crippen LogP contribution in [0, 0.1) is 17.8 Å². The van der Waals surface area contributed by atoms with Gasteiger partial charge in [0.2, 0.25) is 0 Å². The molecule has 4 aliphatic rings. The summed E-state index contributed by atoms with van der Waals surface area (Å²) < 4.78 is 6.38. The number of fused-ring (bicyclic) bond motifs is 1. The van der Waals surface area contributed by atoms with Gasteiger partial charge in [0.25, 0.3) is 5.19 Å². The van der Waals surface area contributed by atoms with Crippen LogP contribution in [0.25, 0.3) is 21.5 Å². The zero-order chi connectivity index (χ0) is 16.4. The molecule has 1 aromatic carbocycles. The van der Waals surface area contributed by atoms with Crippen molar-refractivity contribution in [3.05, 3.63) is 30.5 Å². The second kappa shape index (κ2) is 5.29. The second-order valence-corrected chi connectivity index (χ2v) is 8.75. The molecule has 5 heterocycles. The van der Waals surface area contributed by atoms with Crippen molar-refractivity contribution < 1.29 is 4.74 Å². The van der Waals surface area contributed by atoms with Gasteiger partial charge in [0.05, 0.1) is 0 Å². The molecular formula is C19H20N4OS. The van der Waals surface area contributed by atoms with E-state index in [1.807, 2.05) is 6.20 Å². The summed E-state index contributed by atoms with van der Waals surface area (Å²) in [6.45, 7) is 3.71. The number of nitrogens with zero attached hydrogens (tertiary/aromatic N) is 3. The fraction of sp³-hybridized carbons (Fsp3) is 0.474. The Hall–Kier alpha value is -1.92. The fourth-order valence-electron chi connectivity index (χ4n) is 5.23. The van der Waals surface area contributed by atoms with Gasteiger partial charge in [-0.25, -0.2) is 0 Å². The van der Waals surface area contributed by atoms with Gasteiger partial charge in [-0.15, -0.1) is 5.10 Å². The van der Waals surface area contributed by atoms with Crippen LogP contribution in [-0.2, 0) is 0 Å². The lowest BCUT2D eigenvalue weighted by atomic mass is 9.66. The number of aromatic nitrogens is 3. The third-order valence-corrected chi connectivity index (χ3v) is 7.01. The molecule has 2 atom stereocenters. The van der Waals surface area contributed by atoms with Crippen molar-refractivity contribution in [2.45, 2.75) is 18.9 Å². The predicted octanol–water partition coefficient (Wildman–Crippen LogP) is 3.41. The second-order valence-electron chi connectivity index (χ2n) is 7.81. The van der Waals surface area contributed by atoms with E-state index in [0.717, 1.165) is 27.2 Å². The summed E-state index contributed by atoms with van der Waals surface area (Å²) in [7, 11) is 0. The van der Waals surface area contributed by atoms with E-state index in [4.69, 9.17) is 4.74 Å². The number of ether oxygens (including phenoxy) is 1. The number of H-pyrrole nitrogens is 1. The molecule has 128 valence electrons. The minimum absolute atomic E-state index is 0.334. The first-order chi connectivity index (χ1) is 12.3.